The number of aliphatic hydroxyl groups excluding tert-OH is 1. The van der Waals surface area contributed by atoms with Crippen LogP contribution in [0, 0.1) is 13.8 Å². The molecule has 6 rings (SSSR count). The molecule has 2 aromatic carbocycles. The Morgan fingerprint density at radius 1 is 0.825 bits per heavy atom. The molecule has 57 heavy (non-hydrogen) atoms. The number of allylic oxidation sites excluding steroid dienone is 2. The molecule has 18 nitrogen and oxygen atoms in total. The molecule has 0 atom stereocenters. The Hall–Kier alpha value is -6.60. The van der Waals surface area contributed by atoms with Crippen molar-refractivity contribution in [1.82, 2.24) is 29.1 Å². The Bertz CT molecular complexity index is 2550. The standard InChI is InChI=1S/C38H42N10O8S/c1-6-23-31(56-19(3)41-23)35(52)45-37-44-26-16-22(34(40)51)18-28(55-14-10-13-49)30(26)48(37)12-9-8-11-47-29-25(15-21(33(39)50)17-27(29)54-5)43-38(47)46-36(53)32-24(7-2)42-20(4)57-32/h8-9,15-18,49H,6-7,10-14H2,1-5H3,(H2,39,50)(H2,40,51)(H,43,46,53)(H,44,45,52). The summed E-state index contributed by atoms with van der Waals surface area (Å²) in [6, 6.07) is 6.01. The van der Waals surface area contributed by atoms with E-state index in [9.17, 15) is 24.3 Å². The van der Waals surface area contributed by atoms with E-state index in [1.54, 1.807) is 22.1 Å². The first-order valence-electron chi connectivity index (χ1n) is 18.0. The van der Waals surface area contributed by atoms with E-state index >= 15 is 0 Å². The molecular formula is C38H42N10O8S. The number of carbonyl (C=O) groups excluding carboxylic acids is 4. The molecule has 0 aliphatic carbocycles. The van der Waals surface area contributed by atoms with Crippen molar-refractivity contribution in [2.45, 2.75) is 60.0 Å². The van der Waals surface area contributed by atoms with Gasteiger partial charge in [-0.05, 0) is 44.0 Å². The lowest BCUT2D eigenvalue weighted by Gasteiger charge is -2.13. The van der Waals surface area contributed by atoms with Gasteiger partial charge >= 0.3 is 0 Å². The van der Waals surface area contributed by atoms with E-state index in [2.05, 4.69) is 30.6 Å². The third kappa shape index (κ3) is 8.33. The van der Waals surface area contributed by atoms with Crippen LogP contribution in [0.15, 0.2) is 40.8 Å². The van der Waals surface area contributed by atoms with E-state index in [1.807, 2.05) is 26.8 Å². The molecule has 0 radical (unpaired) electrons. The number of hydrogen-bond donors (Lipinski definition) is 5. The van der Waals surface area contributed by atoms with Gasteiger partial charge in [0.2, 0.25) is 29.5 Å². The number of nitrogens with one attached hydrogen (secondary N) is 2. The number of aliphatic hydroxyl groups is 1. The number of methoxy groups -OCH3 is 1. The van der Waals surface area contributed by atoms with E-state index in [4.69, 9.17) is 25.4 Å². The Labute approximate surface area is 329 Å². The first-order valence-corrected chi connectivity index (χ1v) is 18.8. The minimum Gasteiger partial charge on any atom is -0.494 e. The summed E-state index contributed by atoms with van der Waals surface area (Å²) < 4.78 is 20.7. The number of primary amides is 2. The number of imidazole rings is 2. The highest BCUT2D eigenvalue weighted by Crippen LogP contribution is 2.33. The number of oxazole rings is 1. The van der Waals surface area contributed by atoms with E-state index in [-0.39, 0.29) is 60.8 Å². The minimum atomic E-state index is -0.709. The summed E-state index contributed by atoms with van der Waals surface area (Å²) >= 11 is 1.27. The molecular weight excluding hydrogens is 757 g/mol. The maximum Gasteiger partial charge on any atom is 0.295 e. The predicted molar refractivity (Wildman–Crippen MR) is 212 cm³/mol. The number of rotatable bonds is 17. The quantitative estimate of drug-likeness (QED) is 0.0639. The average Bonchev–Trinajstić information content (AvgIpc) is 3.95. The van der Waals surface area contributed by atoms with Gasteiger partial charge in [0.1, 0.15) is 27.4 Å². The Balaban J connectivity index is 1.41. The van der Waals surface area contributed by atoms with Gasteiger partial charge in [-0.3, -0.25) is 29.8 Å². The third-order valence-electron chi connectivity index (χ3n) is 8.85. The molecule has 4 heterocycles. The molecule has 0 bridgehead atoms. The number of aryl methyl sites for hydroxylation is 4. The number of anilines is 2. The number of amides is 4. The number of nitrogens with zero attached hydrogens (tertiary/aromatic N) is 6. The van der Waals surface area contributed by atoms with E-state index in [0.717, 1.165) is 5.01 Å². The van der Waals surface area contributed by atoms with Gasteiger partial charge in [0.25, 0.3) is 11.8 Å². The molecule has 298 valence electrons. The smallest absolute Gasteiger partial charge is 0.295 e. The molecule has 19 heteroatoms. The summed E-state index contributed by atoms with van der Waals surface area (Å²) in [6.45, 7) is 7.51. The molecule has 0 spiro atoms. The second kappa shape index (κ2) is 17.0. The van der Waals surface area contributed by atoms with Crippen LogP contribution in [0.1, 0.15) is 83.5 Å². The van der Waals surface area contributed by atoms with Crippen molar-refractivity contribution >= 4 is 68.9 Å². The highest BCUT2D eigenvalue weighted by molar-refractivity contribution is 7.13. The monoisotopic (exact) mass is 798 g/mol. The molecule has 7 N–H and O–H groups in total. The van der Waals surface area contributed by atoms with Crippen molar-refractivity contribution in [2.24, 2.45) is 11.5 Å². The molecule has 4 amide bonds. The number of carbonyl (C=O) groups is 4. The average molecular weight is 799 g/mol. The van der Waals surface area contributed by atoms with Gasteiger partial charge in [-0.2, -0.15) is 0 Å². The molecule has 0 unspecified atom stereocenters. The molecule has 0 fully saturated rings. The predicted octanol–water partition coefficient (Wildman–Crippen LogP) is 4.30. The largest absolute Gasteiger partial charge is 0.494 e. The van der Waals surface area contributed by atoms with Gasteiger partial charge in [0.05, 0.1) is 41.1 Å². The Kier molecular flexibility index (Phi) is 12.0. The number of aromatic nitrogens is 6. The van der Waals surface area contributed by atoms with Crippen LogP contribution in [-0.4, -0.2) is 78.1 Å². The van der Waals surface area contributed by atoms with E-state index in [0.29, 0.717) is 69.2 Å². The number of benzene rings is 2. The summed E-state index contributed by atoms with van der Waals surface area (Å²) in [5, 5.41) is 15.9. The summed E-state index contributed by atoms with van der Waals surface area (Å²) in [5.74, 6) is -1.14. The van der Waals surface area contributed by atoms with Crippen LogP contribution >= 0.6 is 11.3 Å². The van der Waals surface area contributed by atoms with Crippen LogP contribution in [0.4, 0.5) is 11.9 Å². The molecule has 0 aliphatic rings. The normalized spacial score (nSPS) is 11.5. The van der Waals surface area contributed by atoms with Gasteiger partial charge in [-0.25, -0.2) is 19.9 Å². The van der Waals surface area contributed by atoms with Gasteiger partial charge < -0.3 is 39.6 Å². The zero-order valence-electron chi connectivity index (χ0n) is 32.0. The van der Waals surface area contributed by atoms with E-state index in [1.165, 1.54) is 42.7 Å². The lowest BCUT2D eigenvalue weighted by molar-refractivity contribution is 0.0987. The van der Waals surface area contributed by atoms with Crippen molar-refractivity contribution in [1.29, 1.82) is 0 Å². The number of fused-ring (bicyclic) bond motifs is 2. The summed E-state index contributed by atoms with van der Waals surface area (Å²) in [6.07, 6.45) is 4.94. The topological polar surface area (TPSA) is 258 Å². The second-order valence-corrected chi connectivity index (χ2v) is 13.9. The van der Waals surface area contributed by atoms with Crippen LogP contribution in [0.2, 0.25) is 0 Å². The number of ether oxygens (including phenoxy) is 2. The van der Waals surface area contributed by atoms with Crippen molar-refractivity contribution < 1.29 is 38.2 Å². The maximum absolute atomic E-state index is 13.6. The van der Waals surface area contributed by atoms with Crippen LogP contribution in [-0.2, 0) is 25.9 Å². The zero-order chi connectivity index (χ0) is 41.0. The van der Waals surface area contributed by atoms with Gasteiger partial charge in [-0.15, -0.1) is 11.3 Å². The van der Waals surface area contributed by atoms with Crippen molar-refractivity contribution in [3.8, 4) is 11.5 Å². The highest BCUT2D eigenvalue weighted by Gasteiger charge is 2.25. The molecule has 0 saturated carbocycles. The lowest BCUT2D eigenvalue weighted by atomic mass is 10.1. The lowest BCUT2D eigenvalue weighted by Crippen LogP contribution is -2.17. The Morgan fingerprint density at radius 2 is 1.39 bits per heavy atom. The minimum absolute atomic E-state index is 0.0379. The van der Waals surface area contributed by atoms with Gasteiger partial charge in [0, 0.05) is 44.2 Å². The van der Waals surface area contributed by atoms with Crippen LogP contribution in [0.3, 0.4) is 0 Å². The van der Waals surface area contributed by atoms with Gasteiger partial charge in [0.15, 0.2) is 5.89 Å². The molecule has 6 aromatic rings. The zero-order valence-corrected chi connectivity index (χ0v) is 32.8. The Morgan fingerprint density at radius 3 is 1.93 bits per heavy atom. The summed E-state index contributed by atoms with van der Waals surface area (Å²) in [4.78, 5) is 70.2. The molecule has 4 aromatic heterocycles. The number of nitrogens with two attached hydrogens (primary N) is 2. The highest BCUT2D eigenvalue weighted by atomic mass is 32.1. The molecule has 0 saturated heterocycles. The van der Waals surface area contributed by atoms with Crippen LogP contribution in [0.25, 0.3) is 22.1 Å². The van der Waals surface area contributed by atoms with Crippen molar-refractivity contribution in [3.63, 3.8) is 0 Å². The number of thiazole rings is 1. The third-order valence-corrected chi connectivity index (χ3v) is 9.86. The van der Waals surface area contributed by atoms with E-state index < -0.39 is 23.6 Å². The maximum atomic E-state index is 13.6. The summed E-state index contributed by atoms with van der Waals surface area (Å²) in [7, 11) is 1.45. The first kappa shape index (κ1) is 40.1. The summed E-state index contributed by atoms with van der Waals surface area (Å²) in [5.41, 5.74) is 14.3. The van der Waals surface area contributed by atoms with Crippen molar-refractivity contribution in [2.75, 3.05) is 31.0 Å². The SMILES string of the molecule is CCc1nc(C)oc1C(=O)Nc1nc2cc(C(N)=O)cc(OCCCO)c2n1CC=CCn1c(NC(=O)c2sc(C)nc2CC)nc2cc(C(N)=O)cc(OC)c21. The van der Waals surface area contributed by atoms with Crippen LogP contribution in [0.5, 0.6) is 11.5 Å². The first-order chi connectivity index (χ1) is 27.4. The number of hydrogen-bond acceptors (Lipinski definition) is 13. The van der Waals surface area contributed by atoms with Crippen molar-refractivity contribution in [3.05, 3.63) is 80.5 Å². The van der Waals surface area contributed by atoms with Crippen LogP contribution < -0.4 is 31.6 Å². The molecule has 0 aliphatic heterocycles. The van der Waals surface area contributed by atoms with Gasteiger partial charge in [-0.1, -0.05) is 26.0 Å². The fraction of sp³-hybridized carbons (Fsp3) is 0.316. The second-order valence-electron chi connectivity index (χ2n) is 12.7. The fourth-order valence-corrected chi connectivity index (χ4v) is 7.16. The fourth-order valence-electron chi connectivity index (χ4n) is 6.25.